The molecule has 2 aliphatic rings. The first kappa shape index (κ1) is 19.5. The van der Waals surface area contributed by atoms with Crippen LogP contribution in [0.5, 0.6) is 0 Å². The lowest BCUT2D eigenvalue weighted by Crippen LogP contribution is -2.39. The Morgan fingerprint density at radius 1 is 1.21 bits per heavy atom. The third-order valence-corrected chi connectivity index (χ3v) is 5.70. The van der Waals surface area contributed by atoms with Crippen LogP contribution in [0.2, 0.25) is 0 Å². The maximum absolute atomic E-state index is 12.6. The Morgan fingerprint density at radius 3 is 2.79 bits per heavy atom. The van der Waals surface area contributed by atoms with Crippen molar-refractivity contribution in [2.45, 2.75) is 31.8 Å². The van der Waals surface area contributed by atoms with Gasteiger partial charge in [-0.05, 0) is 71.4 Å². The van der Waals surface area contributed by atoms with Gasteiger partial charge in [0.2, 0.25) is 0 Å². The average molecular weight is 448 g/mol. The first-order chi connectivity index (χ1) is 13.7. The largest absolute Gasteiger partial charge is 0.444 e. The zero-order valence-corrected chi connectivity index (χ0v) is 17.5. The van der Waals surface area contributed by atoms with Crippen molar-refractivity contribution >= 4 is 33.2 Å². The molecule has 0 bridgehead atoms. The van der Waals surface area contributed by atoms with E-state index in [4.69, 9.17) is 9.15 Å². The van der Waals surface area contributed by atoms with E-state index in [0.717, 1.165) is 50.6 Å². The first-order valence-electron chi connectivity index (χ1n) is 9.96. The number of nitrogens with one attached hydrogen (secondary N) is 2. The van der Waals surface area contributed by atoms with Crippen LogP contribution in [0.15, 0.2) is 39.4 Å². The standard InChI is InChI=1S/C21H26BrN3O3/c22-20-7-6-19(28-20)21(26)24-17-5-4-15(12-16-14-23-8-11-27-16)13-18(17)25-9-2-1-3-10-25/h4-7,13,16,23H,1-3,8-12,14H2,(H,24,26). The van der Waals surface area contributed by atoms with Crippen molar-refractivity contribution in [3.8, 4) is 0 Å². The second kappa shape index (κ2) is 9.11. The molecule has 0 aliphatic carbocycles. The minimum Gasteiger partial charge on any atom is -0.444 e. The van der Waals surface area contributed by atoms with Crippen molar-refractivity contribution in [3.63, 3.8) is 0 Å². The first-order valence-corrected chi connectivity index (χ1v) is 10.8. The van der Waals surface area contributed by atoms with Gasteiger partial charge in [0.1, 0.15) is 0 Å². The number of ether oxygens (including phenoxy) is 1. The van der Waals surface area contributed by atoms with E-state index in [1.54, 1.807) is 12.1 Å². The highest BCUT2D eigenvalue weighted by molar-refractivity contribution is 9.10. The maximum Gasteiger partial charge on any atom is 0.291 e. The van der Waals surface area contributed by atoms with Gasteiger partial charge in [-0.1, -0.05) is 6.07 Å². The van der Waals surface area contributed by atoms with Gasteiger partial charge in [0.15, 0.2) is 10.4 Å². The predicted molar refractivity (Wildman–Crippen MR) is 113 cm³/mol. The summed E-state index contributed by atoms with van der Waals surface area (Å²) >= 11 is 3.25. The van der Waals surface area contributed by atoms with Crippen LogP contribution in [-0.4, -0.2) is 44.8 Å². The number of rotatable bonds is 5. The molecule has 1 unspecified atom stereocenters. The summed E-state index contributed by atoms with van der Waals surface area (Å²) in [6.45, 7) is 4.59. The van der Waals surface area contributed by atoms with E-state index in [2.05, 4.69) is 43.6 Å². The van der Waals surface area contributed by atoms with Crippen LogP contribution in [0.1, 0.15) is 35.4 Å². The molecule has 7 heteroatoms. The fourth-order valence-electron chi connectivity index (χ4n) is 3.84. The van der Waals surface area contributed by atoms with Crippen LogP contribution in [0, 0.1) is 0 Å². The number of halogens is 1. The number of carbonyl (C=O) groups excluding carboxylic acids is 1. The number of hydrogen-bond acceptors (Lipinski definition) is 5. The number of piperidine rings is 1. The molecule has 28 heavy (non-hydrogen) atoms. The smallest absolute Gasteiger partial charge is 0.291 e. The lowest BCUT2D eigenvalue weighted by atomic mass is 10.0. The highest BCUT2D eigenvalue weighted by Crippen LogP contribution is 2.31. The summed E-state index contributed by atoms with van der Waals surface area (Å²) in [5.41, 5.74) is 3.14. The van der Waals surface area contributed by atoms with Crippen LogP contribution in [0.3, 0.4) is 0 Å². The Balaban J connectivity index is 1.55. The quantitative estimate of drug-likeness (QED) is 0.728. The Bertz CT molecular complexity index is 811. The van der Waals surface area contributed by atoms with E-state index in [1.165, 1.54) is 24.8 Å². The Morgan fingerprint density at radius 2 is 2.07 bits per heavy atom. The zero-order chi connectivity index (χ0) is 19.3. The van der Waals surface area contributed by atoms with Gasteiger partial charge < -0.3 is 24.7 Å². The molecule has 2 aliphatic heterocycles. The summed E-state index contributed by atoms with van der Waals surface area (Å²) in [6, 6.07) is 9.69. The molecular formula is C21H26BrN3O3. The van der Waals surface area contributed by atoms with E-state index in [9.17, 15) is 4.79 Å². The van der Waals surface area contributed by atoms with E-state index in [-0.39, 0.29) is 12.0 Å². The molecule has 2 saturated heterocycles. The Hall–Kier alpha value is -1.83. The predicted octanol–water partition coefficient (Wildman–Crippen LogP) is 3.82. The maximum atomic E-state index is 12.6. The molecule has 0 spiro atoms. The van der Waals surface area contributed by atoms with Gasteiger partial charge in [-0.25, -0.2) is 0 Å². The second-order valence-electron chi connectivity index (χ2n) is 7.36. The highest BCUT2D eigenvalue weighted by atomic mass is 79.9. The number of hydrogen-bond donors (Lipinski definition) is 2. The molecule has 4 rings (SSSR count). The summed E-state index contributed by atoms with van der Waals surface area (Å²) in [5, 5.41) is 6.41. The molecule has 0 radical (unpaired) electrons. The molecule has 1 aromatic carbocycles. The Labute approximate surface area is 173 Å². The molecule has 3 heterocycles. The number of amides is 1. The van der Waals surface area contributed by atoms with Crippen LogP contribution in [0.4, 0.5) is 11.4 Å². The van der Waals surface area contributed by atoms with Crippen LogP contribution < -0.4 is 15.5 Å². The monoisotopic (exact) mass is 447 g/mol. The van der Waals surface area contributed by atoms with Gasteiger partial charge in [-0.3, -0.25) is 4.79 Å². The molecule has 2 aromatic rings. The van der Waals surface area contributed by atoms with Gasteiger partial charge in [0, 0.05) is 26.2 Å². The molecule has 1 atom stereocenters. The summed E-state index contributed by atoms with van der Waals surface area (Å²) in [6.07, 6.45) is 4.69. The van der Waals surface area contributed by atoms with Crippen molar-refractivity contribution in [1.29, 1.82) is 0 Å². The molecule has 2 N–H and O–H groups in total. The highest BCUT2D eigenvalue weighted by Gasteiger charge is 2.20. The number of anilines is 2. The van der Waals surface area contributed by atoms with Gasteiger partial charge in [0.25, 0.3) is 5.91 Å². The normalized spacial score (nSPS) is 20.2. The van der Waals surface area contributed by atoms with Crippen molar-refractivity contribution in [2.24, 2.45) is 0 Å². The molecule has 2 fully saturated rings. The number of carbonyl (C=O) groups is 1. The molecule has 0 saturated carbocycles. The van der Waals surface area contributed by atoms with Crippen molar-refractivity contribution in [1.82, 2.24) is 5.32 Å². The fourth-order valence-corrected chi connectivity index (χ4v) is 4.15. The van der Waals surface area contributed by atoms with E-state index < -0.39 is 0 Å². The topological polar surface area (TPSA) is 66.7 Å². The minimum atomic E-state index is -0.239. The Kier molecular flexibility index (Phi) is 6.34. The summed E-state index contributed by atoms with van der Waals surface area (Å²) in [5.74, 6) is 0.0544. The molecule has 150 valence electrons. The second-order valence-corrected chi connectivity index (χ2v) is 8.14. The zero-order valence-electron chi connectivity index (χ0n) is 15.9. The number of morpholine rings is 1. The summed E-state index contributed by atoms with van der Waals surface area (Å²) in [4.78, 5) is 15.0. The minimum absolute atomic E-state index is 0.198. The summed E-state index contributed by atoms with van der Waals surface area (Å²) in [7, 11) is 0. The molecule has 1 aromatic heterocycles. The van der Waals surface area contributed by atoms with Crippen LogP contribution >= 0.6 is 15.9 Å². The number of benzene rings is 1. The fraction of sp³-hybridized carbons (Fsp3) is 0.476. The van der Waals surface area contributed by atoms with Gasteiger partial charge >= 0.3 is 0 Å². The third-order valence-electron chi connectivity index (χ3n) is 5.27. The molecule has 6 nitrogen and oxygen atoms in total. The van der Waals surface area contributed by atoms with Crippen molar-refractivity contribution in [3.05, 3.63) is 46.3 Å². The van der Waals surface area contributed by atoms with E-state index >= 15 is 0 Å². The average Bonchev–Trinajstić information content (AvgIpc) is 3.17. The number of furan rings is 1. The SMILES string of the molecule is O=C(Nc1ccc(CC2CNCCO2)cc1N1CCCCC1)c1ccc(Br)o1. The van der Waals surface area contributed by atoms with Gasteiger partial charge in [-0.2, -0.15) is 0 Å². The van der Waals surface area contributed by atoms with E-state index in [1.807, 2.05) is 6.07 Å². The van der Waals surface area contributed by atoms with Crippen LogP contribution in [-0.2, 0) is 11.2 Å². The van der Waals surface area contributed by atoms with Crippen LogP contribution in [0.25, 0.3) is 0 Å². The summed E-state index contributed by atoms with van der Waals surface area (Å²) < 4.78 is 11.8. The molecule has 1 amide bonds. The number of nitrogens with zero attached hydrogens (tertiary/aromatic N) is 1. The lowest BCUT2D eigenvalue weighted by molar-refractivity contribution is 0.0292. The van der Waals surface area contributed by atoms with Gasteiger partial charge in [-0.15, -0.1) is 0 Å². The van der Waals surface area contributed by atoms with Gasteiger partial charge in [0.05, 0.1) is 24.1 Å². The van der Waals surface area contributed by atoms with Crippen molar-refractivity contribution < 1.29 is 13.9 Å². The van der Waals surface area contributed by atoms with E-state index in [0.29, 0.717) is 10.4 Å². The third kappa shape index (κ3) is 4.77. The molecular weight excluding hydrogens is 422 g/mol. The lowest BCUT2D eigenvalue weighted by Gasteiger charge is -2.31. The van der Waals surface area contributed by atoms with Crippen molar-refractivity contribution in [2.75, 3.05) is 43.0 Å².